The summed E-state index contributed by atoms with van der Waals surface area (Å²) in [5.41, 5.74) is 0. The maximum atomic E-state index is 12.7. The van der Waals surface area contributed by atoms with Gasteiger partial charge in [-0.3, -0.25) is 4.79 Å². The average Bonchev–Trinajstić information content (AvgIpc) is 3.13. The van der Waals surface area contributed by atoms with E-state index in [0.29, 0.717) is 15.3 Å². The first-order valence-electron chi connectivity index (χ1n) is 7.16. The van der Waals surface area contributed by atoms with Crippen LogP contribution in [0.15, 0.2) is 30.3 Å². The van der Waals surface area contributed by atoms with Crippen molar-refractivity contribution in [3.8, 4) is 5.75 Å². The van der Waals surface area contributed by atoms with Crippen molar-refractivity contribution >= 4 is 22.2 Å². The minimum atomic E-state index is -4.64. The molecule has 1 N–H and O–H groups in total. The number of ether oxygens (including phenoxy) is 1. The van der Waals surface area contributed by atoms with Gasteiger partial charge in [0.05, 0.1) is 19.6 Å². The van der Waals surface area contributed by atoms with E-state index in [4.69, 9.17) is 4.74 Å². The van der Waals surface area contributed by atoms with Crippen molar-refractivity contribution in [3.63, 3.8) is 0 Å². The first kappa shape index (κ1) is 17.1. The molecule has 0 spiro atoms. The number of rotatable bonds is 6. The minimum absolute atomic E-state index is 0.00942. The molecule has 0 fully saturated rings. The summed E-state index contributed by atoms with van der Waals surface area (Å²) in [6.07, 6.45) is -4.52. The molecule has 0 aliphatic heterocycles. The van der Waals surface area contributed by atoms with Crippen LogP contribution >= 0.6 is 11.3 Å². The van der Waals surface area contributed by atoms with Crippen molar-refractivity contribution in [2.45, 2.75) is 19.1 Å². The molecule has 0 aliphatic rings. The molecule has 25 heavy (non-hydrogen) atoms. The third-order valence-electron chi connectivity index (χ3n) is 3.06. The van der Waals surface area contributed by atoms with Crippen LogP contribution in [0.5, 0.6) is 5.75 Å². The quantitative estimate of drug-likeness (QED) is 0.719. The second kappa shape index (κ2) is 7.05. The number of nitrogens with one attached hydrogen (secondary N) is 1. The lowest BCUT2D eigenvalue weighted by Crippen LogP contribution is -2.24. The number of aromatic nitrogens is 4. The Labute approximate surface area is 143 Å². The fraction of sp³-hybridized carbons (Fsp3) is 0.286. The predicted molar refractivity (Wildman–Crippen MR) is 82.1 cm³/mol. The van der Waals surface area contributed by atoms with Gasteiger partial charge in [-0.2, -0.15) is 22.8 Å². The van der Waals surface area contributed by atoms with Gasteiger partial charge in [0.2, 0.25) is 10.9 Å². The molecule has 1 aromatic carbocycles. The molecular weight excluding hydrogens is 359 g/mol. The molecule has 2 heterocycles. The molecule has 7 nitrogen and oxygen atoms in total. The number of halogens is 3. The van der Waals surface area contributed by atoms with Gasteiger partial charge in [-0.25, -0.2) is 0 Å². The van der Waals surface area contributed by atoms with Gasteiger partial charge in [0, 0.05) is 0 Å². The first-order valence-corrected chi connectivity index (χ1v) is 7.98. The maximum Gasteiger partial charge on any atom is 0.453 e. The maximum absolute atomic E-state index is 12.7. The lowest BCUT2D eigenvalue weighted by atomic mass is 10.3. The molecule has 3 rings (SSSR count). The number of nitrogens with zero attached hydrogens (tertiary/aromatic N) is 4. The fourth-order valence-electron chi connectivity index (χ4n) is 1.95. The van der Waals surface area contributed by atoms with E-state index in [0.717, 1.165) is 11.3 Å². The van der Waals surface area contributed by atoms with Gasteiger partial charge in [0.15, 0.2) is 0 Å². The van der Waals surface area contributed by atoms with Crippen LogP contribution in [0, 0.1) is 0 Å². The number of carbonyl (C=O) groups excluding carboxylic acids is 1. The van der Waals surface area contributed by atoms with E-state index >= 15 is 0 Å². The van der Waals surface area contributed by atoms with Gasteiger partial charge < -0.3 is 10.1 Å². The summed E-state index contributed by atoms with van der Waals surface area (Å²) in [5, 5.41) is 13.2. The summed E-state index contributed by atoms with van der Waals surface area (Å²) in [6, 6.07) is 9.03. The van der Waals surface area contributed by atoms with Crippen LogP contribution in [-0.2, 0) is 17.5 Å². The topological polar surface area (TPSA) is 81.4 Å². The zero-order valence-corrected chi connectivity index (χ0v) is 13.5. The lowest BCUT2D eigenvalue weighted by Gasteiger charge is -2.06. The number of amides is 1. The zero-order valence-electron chi connectivity index (χ0n) is 12.7. The summed E-state index contributed by atoms with van der Waals surface area (Å²) >= 11 is 0.929. The normalized spacial score (nSPS) is 11.6. The molecule has 0 radical (unpaired) electrons. The van der Waals surface area contributed by atoms with Crippen molar-refractivity contribution < 1.29 is 22.7 Å². The van der Waals surface area contributed by atoms with Crippen LogP contribution in [-0.4, -0.2) is 32.3 Å². The molecule has 0 bridgehead atoms. The van der Waals surface area contributed by atoms with E-state index in [1.54, 1.807) is 12.1 Å². The largest absolute Gasteiger partial charge is 0.493 e. The van der Waals surface area contributed by atoms with E-state index in [9.17, 15) is 18.0 Å². The number of hydrogen-bond acceptors (Lipinski definition) is 6. The predicted octanol–water partition coefficient (Wildman–Crippen LogP) is 2.29. The first-order chi connectivity index (χ1) is 11.9. The van der Waals surface area contributed by atoms with Crippen LogP contribution in [0.3, 0.4) is 0 Å². The Morgan fingerprint density at radius 2 is 2.00 bits per heavy atom. The summed E-state index contributed by atoms with van der Waals surface area (Å²) in [4.78, 5) is 11.8. The standard InChI is InChI=1S/C14H12F3N5O2S/c15-14(16,17)12-19-20-13-22(12)21-11(25-13)8-18-10(23)6-7-24-9-4-2-1-3-5-9/h1-5H,6-8H2,(H,18,23). The van der Waals surface area contributed by atoms with Gasteiger partial charge in [-0.15, -0.1) is 10.2 Å². The second-order valence-electron chi connectivity index (χ2n) is 4.90. The summed E-state index contributed by atoms with van der Waals surface area (Å²) < 4.78 is 44.2. The SMILES string of the molecule is O=C(CCOc1ccccc1)NCc1nn2c(C(F)(F)F)nnc2s1. The van der Waals surface area contributed by atoms with E-state index in [1.165, 1.54) is 0 Å². The molecule has 1 amide bonds. The van der Waals surface area contributed by atoms with E-state index < -0.39 is 12.0 Å². The van der Waals surface area contributed by atoms with Crippen molar-refractivity contribution in [3.05, 3.63) is 41.2 Å². The Morgan fingerprint density at radius 3 is 2.72 bits per heavy atom. The van der Waals surface area contributed by atoms with Crippen LogP contribution in [0.1, 0.15) is 17.3 Å². The molecule has 0 unspecified atom stereocenters. The van der Waals surface area contributed by atoms with Gasteiger partial charge in [-0.05, 0) is 12.1 Å². The Kier molecular flexibility index (Phi) is 4.83. The molecule has 0 atom stereocenters. The molecule has 2 aromatic heterocycles. The Balaban J connectivity index is 1.50. The van der Waals surface area contributed by atoms with Crippen molar-refractivity contribution in [1.29, 1.82) is 0 Å². The summed E-state index contributed by atoms with van der Waals surface area (Å²) in [6.45, 7) is 0.203. The van der Waals surface area contributed by atoms with Gasteiger partial charge in [0.1, 0.15) is 10.8 Å². The highest BCUT2D eigenvalue weighted by molar-refractivity contribution is 7.16. The van der Waals surface area contributed by atoms with Gasteiger partial charge >= 0.3 is 6.18 Å². The molecule has 0 saturated carbocycles. The van der Waals surface area contributed by atoms with Crippen molar-refractivity contribution in [2.24, 2.45) is 0 Å². The Bertz CT molecular complexity index is 862. The van der Waals surface area contributed by atoms with Crippen LogP contribution in [0.2, 0.25) is 0 Å². The van der Waals surface area contributed by atoms with Gasteiger partial charge in [-0.1, -0.05) is 29.5 Å². The minimum Gasteiger partial charge on any atom is -0.493 e. The number of carbonyl (C=O) groups is 1. The van der Waals surface area contributed by atoms with E-state index in [1.807, 2.05) is 18.2 Å². The number of fused-ring (bicyclic) bond motifs is 1. The smallest absolute Gasteiger partial charge is 0.453 e. The molecule has 132 valence electrons. The Hall–Kier alpha value is -2.69. The van der Waals surface area contributed by atoms with Gasteiger partial charge in [0.25, 0.3) is 5.82 Å². The Morgan fingerprint density at radius 1 is 1.24 bits per heavy atom. The fourth-order valence-corrected chi connectivity index (χ4v) is 2.72. The molecule has 0 aliphatic carbocycles. The third kappa shape index (κ3) is 4.24. The summed E-state index contributed by atoms with van der Waals surface area (Å²) in [7, 11) is 0. The van der Waals surface area contributed by atoms with Crippen LogP contribution in [0.25, 0.3) is 4.96 Å². The lowest BCUT2D eigenvalue weighted by molar-refractivity contribution is -0.146. The monoisotopic (exact) mass is 371 g/mol. The highest BCUT2D eigenvalue weighted by Crippen LogP contribution is 2.28. The highest BCUT2D eigenvalue weighted by atomic mass is 32.1. The van der Waals surface area contributed by atoms with Crippen molar-refractivity contribution in [1.82, 2.24) is 25.1 Å². The average molecular weight is 371 g/mol. The number of benzene rings is 1. The van der Waals surface area contributed by atoms with Crippen LogP contribution in [0.4, 0.5) is 13.2 Å². The summed E-state index contributed by atoms with van der Waals surface area (Å²) in [5.74, 6) is -0.825. The highest BCUT2D eigenvalue weighted by Gasteiger charge is 2.38. The van der Waals surface area contributed by atoms with Crippen LogP contribution < -0.4 is 10.1 Å². The molecule has 0 saturated heterocycles. The molecular formula is C14H12F3N5O2S. The second-order valence-corrected chi connectivity index (χ2v) is 5.94. The number of para-hydroxylation sites is 1. The zero-order chi connectivity index (χ0) is 17.9. The van der Waals surface area contributed by atoms with Crippen molar-refractivity contribution in [2.75, 3.05) is 6.61 Å². The molecule has 11 heteroatoms. The molecule has 3 aromatic rings. The number of alkyl halides is 3. The van der Waals surface area contributed by atoms with E-state index in [2.05, 4.69) is 20.6 Å². The number of hydrogen-bond donors (Lipinski definition) is 1. The third-order valence-corrected chi connectivity index (χ3v) is 3.96. The van der Waals surface area contributed by atoms with E-state index in [-0.39, 0.29) is 30.4 Å².